The maximum absolute atomic E-state index is 12.3. The molecule has 1 fully saturated rings. The van der Waals surface area contributed by atoms with Crippen molar-refractivity contribution in [3.05, 3.63) is 53.6 Å². The number of aryl methyl sites for hydroxylation is 2. The average Bonchev–Trinajstić information content (AvgIpc) is 2.98. The molecule has 0 spiro atoms. The van der Waals surface area contributed by atoms with Gasteiger partial charge in [-0.25, -0.2) is 4.99 Å². The number of ether oxygens (including phenoxy) is 1. The Bertz CT molecular complexity index is 910. The van der Waals surface area contributed by atoms with E-state index in [1.165, 1.54) is 11.8 Å². The number of anilines is 1. The van der Waals surface area contributed by atoms with Crippen LogP contribution in [0.2, 0.25) is 0 Å². The summed E-state index contributed by atoms with van der Waals surface area (Å²) in [4.78, 5) is 29.0. The monoisotopic (exact) mass is 397 g/mol. The third-order valence-electron chi connectivity index (χ3n) is 4.17. The van der Waals surface area contributed by atoms with E-state index in [-0.39, 0.29) is 18.2 Å². The minimum atomic E-state index is -0.493. The summed E-state index contributed by atoms with van der Waals surface area (Å²) in [6, 6.07) is 13.1. The molecule has 0 radical (unpaired) electrons. The zero-order chi connectivity index (χ0) is 20.1. The van der Waals surface area contributed by atoms with Gasteiger partial charge in [-0.2, -0.15) is 0 Å². The van der Waals surface area contributed by atoms with Crippen LogP contribution >= 0.6 is 11.8 Å². The number of hydrogen-bond acceptors (Lipinski definition) is 5. The minimum absolute atomic E-state index is 0.0790. The molecule has 0 unspecified atom stereocenters. The molecule has 2 aromatic rings. The molecule has 1 aliphatic heterocycles. The van der Waals surface area contributed by atoms with Gasteiger partial charge in [-0.05, 0) is 56.7 Å². The summed E-state index contributed by atoms with van der Waals surface area (Å²) < 4.78 is 5.38. The Morgan fingerprint density at radius 2 is 1.96 bits per heavy atom. The Morgan fingerprint density at radius 1 is 1.21 bits per heavy atom. The Kier molecular flexibility index (Phi) is 6.36. The van der Waals surface area contributed by atoms with Crippen molar-refractivity contribution in [3.8, 4) is 5.75 Å². The number of carbonyl (C=O) groups is 2. The molecule has 1 aliphatic rings. The molecule has 0 aliphatic carbocycles. The smallest absolute Gasteiger partial charge is 0.240 e. The summed E-state index contributed by atoms with van der Waals surface area (Å²) in [6.07, 6.45) is 0.0790. The van der Waals surface area contributed by atoms with E-state index in [4.69, 9.17) is 4.74 Å². The van der Waals surface area contributed by atoms with Crippen LogP contribution in [-0.2, 0) is 9.59 Å². The van der Waals surface area contributed by atoms with Crippen LogP contribution in [0, 0.1) is 13.8 Å². The summed E-state index contributed by atoms with van der Waals surface area (Å²) in [5.41, 5.74) is 3.68. The lowest BCUT2D eigenvalue weighted by Crippen LogP contribution is -2.28. The van der Waals surface area contributed by atoms with Gasteiger partial charge in [-0.3, -0.25) is 9.59 Å². The molecule has 1 heterocycles. The molecule has 3 rings (SSSR count). The van der Waals surface area contributed by atoms with E-state index in [1.54, 1.807) is 24.3 Å². The number of rotatable bonds is 6. The molecule has 28 heavy (non-hydrogen) atoms. The highest BCUT2D eigenvalue weighted by Crippen LogP contribution is 2.27. The normalized spacial score (nSPS) is 17.5. The number of nitrogens with one attached hydrogen (secondary N) is 2. The minimum Gasteiger partial charge on any atom is -0.494 e. The van der Waals surface area contributed by atoms with Crippen molar-refractivity contribution in [3.63, 3.8) is 0 Å². The summed E-state index contributed by atoms with van der Waals surface area (Å²) in [5.74, 6) is 0.332. The van der Waals surface area contributed by atoms with Crippen LogP contribution in [0.5, 0.6) is 5.75 Å². The largest absolute Gasteiger partial charge is 0.494 e. The van der Waals surface area contributed by atoms with Crippen molar-refractivity contribution < 1.29 is 14.3 Å². The van der Waals surface area contributed by atoms with Crippen LogP contribution in [-0.4, -0.2) is 28.8 Å². The average molecular weight is 398 g/mol. The topological polar surface area (TPSA) is 79.8 Å². The van der Waals surface area contributed by atoms with E-state index in [1.807, 2.05) is 39.0 Å². The van der Waals surface area contributed by atoms with Gasteiger partial charge in [0.1, 0.15) is 11.0 Å². The Hall–Kier alpha value is -2.80. The van der Waals surface area contributed by atoms with Gasteiger partial charge in [0.25, 0.3) is 0 Å². The maximum atomic E-state index is 12.3. The summed E-state index contributed by atoms with van der Waals surface area (Å²) in [6.45, 7) is 6.51. The van der Waals surface area contributed by atoms with Crippen molar-refractivity contribution in [2.24, 2.45) is 4.99 Å². The molecule has 0 aromatic heterocycles. The molecule has 2 N–H and O–H groups in total. The summed E-state index contributed by atoms with van der Waals surface area (Å²) in [7, 11) is 0. The molecule has 1 atom stereocenters. The first-order chi connectivity index (χ1) is 13.4. The van der Waals surface area contributed by atoms with Crippen molar-refractivity contribution in [1.29, 1.82) is 0 Å². The van der Waals surface area contributed by atoms with Gasteiger partial charge in [-0.1, -0.05) is 29.5 Å². The van der Waals surface area contributed by atoms with Gasteiger partial charge >= 0.3 is 0 Å². The molecule has 0 bridgehead atoms. The van der Waals surface area contributed by atoms with Crippen LogP contribution in [0.1, 0.15) is 24.5 Å². The van der Waals surface area contributed by atoms with Crippen molar-refractivity contribution in [1.82, 2.24) is 5.32 Å². The number of amidine groups is 1. The Labute approximate surface area is 168 Å². The van der Waals surface area contributed by atoms with Crippen LogP contribution in [0.15, 0.2) is 47.5 Å². The molecule has 146 valence electrons. The molecule has 7 heteroatoms. The lowest BCUT2D eigenvalue weighted by atomic mass is 10.1. The number of aliphatic imine (C=N–C) groups is 1. The fourth-order valence-corrected chi connectivity index (χ4v) is 3.79. The first-order valence-corrected chi connectivity index (χ1v) is 9.98. The first kappa shape index (κ1) is 19.9. The van der Waals surface area contributed by atoms with Gasteiger partial charge in [0.15, 0.2) is 5.17 Å². The van der Waals surface area contributed by atoms with E-state index >= 15 is 0 Å². The quantitative estimate of drug-likeness (QED) is 0.773. The molecule has 2 aromatic carbocycles. The third-order valence-corrected chi connectivity index (χ3v) is 5.25. The SMILES string of the molecule is CCOc1ccc(NC(=O)C[C@@H]2SC(=Nc3ccc(C)cc3C)NC2=O)cc1. The second kappa shape index (κ2) is 8.93. The van der Waals surface area contributed by atoms with E-state index in [0.717, 1.165) is 22.6 Å². The van der Waals surface area contributed by atoms with E-state index in [0.29, 0.717) is 17.5 Å². The first-order valence-electron chi connectivity index (χ1n) is 9.11. The number of nitrogens with zero attached hydrogens (tertiary/aromatic N) is 1. The lowest BCUT2D eigenvalue weighted by Gasteiger charge is -2.08. The maximum Gasteiger partial charge on any atom is 0.240 e. The highest BCUT2D eigenvalue weighted by atomic mass is 32.2. The van der Waals surface area contributed by atoms with Gasteiger partial charge < -0.3 is 15.4 Å². The number of hydrogen-bond donors (Lipinski definition) is 2. The highest BCUT2D eigenvalue weighted by molar-refractivity contribution is 8.15. The van der Waals surface area contributed by atoms with Gasteiger partial charge in [0.05, 0.1) is 12.3 Å². The third kappa shape index (κ3) is 5.13. The number of benzene rings is 2. The standard InChI is InChI=1S/C21H23N3O3S/c1-4-27-16-8-6-15(7-9-16)22-19(25)12-18-20(26)24-21(28-18)23-17-10-5-13(2)11-14(17)3/h5-11,18H,4,12H2,1-3H3,(H,22,25)(H,23,24,26)/t18-/m0/s1. The van der Waals surface area contributed by atoms with Crippen LogP contribution < -0.4 is 15.4 Å². The number of amides is 2. The van der Waals surface area contributed by atoms with Crippen LogP contribution in [0.4, 0.5) is 11.4 Å². The van der Waals surface area contributed by atoms with Crippen LogP contribution in [0.25, 0.3) is 0 Å². The zero-order valence-electron chi connectivity index (χ0n) is 16.1. The highest BCUT2D eigenvalue weighted by Gasteiger charge is 2.32. The van der Waals surface area contributed by atoms with E-state index in [2.05, 4.69) is 15.6 Å². The molecular formula is C21H23N3O3S. The number of thioether (sulfide) groups is 1. The van der Waals surface area contributed by atoms with Crippen molar-refractivity contribution in [2.45, 2.75) is 32.4 Å². The second-order valence-corrected chi connectivity index (χ2v) is 7.70. The molecule has 1 saturated heterocycles. The molecular weight excluding hydrogens is 374 g/mol. The van der Waals surface area contributed by atoms with Gasteiger partial charge in [0.2, 0.25) is 11.8 Å². The fourth-order valence-electron chi connectivity index (χ4n) is 2.81. The van der Waals surface area contributed by atoms with Crippen LogP contribution in [0.3, 0.4) is 0 Å². The molecule has 6 nitrogen and oxygen atoms in total. The molecule has 2 amide bonds. The van der Waals surface area contributed by atoms with Crippen molar-refractivity contribution >= 4 is 40.1 Å². The van der Waals surface area contributed by atoms with E-state index < -0.39 is 5.25 Å². The predicted octanol–water partition coefficient (Wildman–Crippen LogP) is 3.95. The summed E-state index contributed by atoms with van der Waals surface area (Å²) >= 11 is 1.28. The Morgan fingerprint density at radius 3 is 2.64 bits per heavy atom. The summed E-state index contributed by atoms with van der Waals surface area (Å²) in [5, 5.41) is 5.60. The van der Waals surface area contributed by atoms with Gasteiger partial charge in [-0.15, -0.1) is 0 Å². The van der Waals surface area contributed by atoms with Gasteiger partial charge in [0, 0.05) is 12.1 Å². The zero-order valence-corrected chi connectivity index (χ0v) is 16.9. The second-order valence-electron chi connectivity index (χ2n) is 6.51. The Balaban J connectivity index is 1.59. The molecule has 0 saturated carbocycles. The van der Waals surface area contributed by atoms with Crippen molar-refractivity contribution in [2.75, 3.05) is 11.9 Å². The fraction of sp³-hybridized carbons (Fsp3) is 0.286. The lowest BCUT2D eigenvalue weighted by molar-refractivity contribution is -0.122. The van der Waals surface area contributed by atoms with E-state index in [9.17, 15) is 9.59 Å². The number of carbonyl (C=O) groups excluding carboxylic acids is 2. The predicted molar refractivity (Wildman–Crippen MR) is 113 cm³/mol.